The van der Waals surface area contributed by atoms with Gasteiger partial charge < -0.3 is 20.8 Å². The maximum atomic E-state index is 11.7. The maximum Gasteiger partial charge on any atom is 0.337 e. The Morgan fingerprint density at radius 3 is 2.89 bits per heavy atom. The molecule has 0 unspecified atom stereocenters. The standard InChI is InChI=1S/C20H21N5O2/c1-27-20(26)12-5-6-14-17(9-12)24-25-19(14)18-10-15-13(11-22-8-7-21)3-2-4-16(15)23-18/h2-6,9-10,22-23H,7-8,11,21H2,1H3,(H,24,25). The first kappa shape index (κ1) is 17.3. The molecule has 138 valence electrons. The highest BCUT2D eigenvalue weighted by Gasteiger charge is 2.14. The molecule has 5 N–H and O–H groups in total. The van der Waals surface area contributed by atoms with Gasteiger partial charge in [0, 0.05) is 35.9 Å². The van der Waals surface area contributed by atoms with Gasteiger partial charge in [0.05, 0.1) is 23.9 Å². The van der Waals surface area contributed by atoms with Crippen molar-refractivity contribution in [2.24, 2.45) is 5.73 Å². The Bertz CT molecular complexity index is 1110. The monoisotopic (exact) mass is 363 g/mol. The van der Waals surface area contributed by atoms with Crippen molar-refractivity contribution >= 4 is 27.8 Å². The summed E-state index contributed by atoms with van der Waals surface area (Å²) in [4.78, 5) is 15.2. The van der Waals surface area contributed by atoms with Gasteiger partial charge in [0.15, 0.2) is 0 Å². The van der Waals surface area contributed by atoms with Crippen LogP contribution in [0.15, 0.2) is 42.5 Å². The van der Waals surface area contributed by atoms with Crippen LogP contribution in [0.5, 0.6) is 0 Å². The van der Waals surface area contributed by atoms with E-state index in [0.717, 1.165) is 46.3 Å². The minimum atomic E-state index is -0.367. The quantitative estimate of drug-likeness (QED) is 0.311. The number of hydrogen-bond donors (Lipinski definition) is 4. The number of carbonyl (C=O) groups is 1. The van der Waals surface area contributed by atoms with Crippen molar-refractivity contribution in [3.05, 3.63) is 53.6 Å². The molecule has 7 heteroatoms. The second kappa shape index (κ2) is 7.22. The van der Waals surface area contributed by atoms with E-state index in [1.54, 1.807) is 12.1 Å². The molecule has 7 nitrogen and oxygen atoms in total. The number of hydrogen-bond acceptors (Lipinski definition) is 5. The molecule has 2 aromatic carbocycles. The molecule has 0 saturated heterocycles. The molecule has 0 aliphatic carbocycles. The highest BCUT2D eigenvalue weighted by Crippen LogP contribution is 2.30. The summed E-state index contributed by atoms with van der Waals surface area (Å²) in [6.07, 6.45) is 0. The maximum absolute atomic E-state index is 11.7. The van der Waals surface area contributed by atoms with E-state index >= 15 is 0 Å². The molecule has 0 saturated carbocycles. The molecule has 4 aromatic rings. The largest absolute Gasteiger partial charge is 0.465 e. The summed E-state index contributed by atoms with van der Waals surface area (Å²) in [5.41, 5.74) is 10.8. The molecule has 0 aliphatic heterocycles. The number of aromatic amines is 2. The lowest BCUT2D eigenvalue weighted by molar-refractivity contribution is 0.0601. The summed E-state index contributed by atoms with van der Waals surface area (Å²) in [6, 6.07) is 13.7. The van der Waals surface area contributed by atoms with Crippen LogP contribution in [0.25, 0.3) is 33.2 Å². The first-order chi connectivity index (χ1) is 13.2. The molecule has 0 radical (unpaired) electrons. The van der Waals surface area contributed by atoms with Crippen molar-refractivity contribution in [2.45, 2.75) is 6.54 Å². The van der Waals surface area contributed by atoms with Crippen LogP contribution >= 0.6 is 0 Å². The SMILES string of the molecule is COC(=O)c1ccc2c(-c3cc4c(CNCCN)cccc4[nH]3)n[nH]c2c1. The van der Waals surface area contributed by atoms with Gasteiger partial charge in [0.2, 0.25) is 0 Å². The van der Waals surface area contributed by atoms with E-state index < -0.39 is 0 Å². The molecule has 0 amide bonds. The molecule has 2 heterocycles. The van der Waals surface area contributed by atoms with Crippen molar-refractivity contribution in [2.75, 3.05) is 20.2 Å². The lowest BCUT2D eigenvalue weighted by Crippen LogP contribution is -2.21. The third kappa shape index (κ3) is 3.18. The zero-order chi connectivity index (χ0) is 18.8. The van der Waals surface area contributed by atoms with Gasteiger partial charge >= 0.3 is 5.97 Å². The lowest BCUT2D eigenvalue weighted by Gasteiger charge is -2.04. The van der Waals surface area contributed by atoms with E-state index in [4.69, 9.17) is 10.5 Å². The smallest absolute Gasteiger partial charge is 0.337 e. The number of nitrogens with zero attached hydrogens (tertiary/aromatic N) is 1. The van der Waals surface area contributed by atoms with Gasteiger partial charge in [-0.15, -0.1) is 0 Å². The molecule has 4 rings (SSSR count). The van der Waals surface area contributed by atoms with Crippen molar-refractivity contribution < 1.29 is 9.53 Å². The Hall–Kier alpha value is -3.16. The third-order valence-corrected chi connectivity index (χ3v) is 4.63. The molecular formula is C20H21N5O2. The molecule has 0 fully saturated rings. The summed E-state index contributed by atoms with van der Waals surface area (Å²) < 4.78 is 4.78. The predicted molar refractivity (Wildman–Crippen MR) is 105 cm³/mol. The van der Waals surface area contributed by atoms with Crippen LogP contribution in [-0.4, -0.2) is 41.3 Å². The topological polar surface area (TPSA) is 109 Å². The van der Waals surface area contributed by atoms with Crippen LogP contribution in [0.4, 0.5) is 0 Å². The van der Waals surface area contributed by atoms with Crippen LogP contribution in [0, 0.1) is 0 Å². The predicted octanol–water partition coefficient (Wildman–Crippen LogP) is 2.55. The van der Waals surface area contributed by atoms with Gasteiger partial charge in [-0.1, -0.05) is 12.1 Å². The van der Waals surface area contributed by atoms with Crippen molar-refractivity contribution in [1.82, 2.24) is 20.5 Å². The molecule has 0 atom stereocenters. The van der Waals surface area contributed by atoms with E-state index in [9.17, 15) is 4.79 Å². The second-order valence-corrected chi connectivity index (χ2v) is 6.35. The number of carbonyl (C=O) groups excluding carboxylic acids is 1. The number of nitrogens with two attached hydrogens (primary N) is 1. The average molecular weight is 363 g/mol. The average Bonchev–Trinajstić information content (AvgIpc) is 3.31. The van der Waals surface area contributed by atoms with Crippen molar-refractivity contribution in [3.63, 3.8) is 0 Å². The second-order valence-electron chi connectivity index (χ2n) is 6.35. The van der Waals surface area contributed by atoms with Crippen LogP contribution < -0.4 is 11.1 Å². The Morgan fingerprint density at radius 1 is 1.19 bits per heavy atom. The van der Waals surface area contributed by atoms with Gasteiger partial charge in [-0.2, -0.15) is 5.10 Å². The zero-order valence-electron chi connectivity index (χ0n) is 15.0. The number of aromatic nitrogens is 3. The van der Waals surface area contributed by atoms with Crippen molar-refractivity contribution in [1.29, 1.82) is 0 Å². The number of esters is 1. The Morgan fingerprint density at radius 2 is 2.07 bits per heavy atom. The summed E-state index contributed by atoms with van der Waals surface area (Å²) >= 11 is 0. The van der Waals surface area contributed by atoms with E-state index in [0.29, 0.717) is 12.1 Å². The van der Waals surface area contributed by atoms with E-state index in [-0.39, 0.29) is 5.97 Å². The Labute approximate surface area is 155 Å². The van der Waals surface area contributed by atoms with E-state index in [1.807, 2.05) is 12.1 Å². The van der Waals surface area contributed by atoms with E-state index in [1.165, 1.54) is 12.7 Å². The summed E-state index contributed by atoms with van der Waals surface area (Å²) in [5, 5.41) is 12.9. The minimum Gasteiger partial charge on any atom is -0.465 e. The van der Waals surface area contributed by atoms with Crippen molar-refractivity contribution in [3.8, 4) is 11.4 Å². The van der Waals surface area contributed by atoms with Crippen LogP contribution in [0.1, 0.15) is 15.9 Å². The summed E-state index contributed by atoms with van der Waals surface area (Å²) in [7, 11) is 1.37. The highest BCUT2D eigenvalue weighted by atomic mass is 16.5. The molecule has 2 aromatic heterocycles. The minimum absolute atomic E-state index is 0.367. The van der Waals surface area contributed by atoms with Gasteiger partial charge in [0.25, 0.3) is 0 Å². The third-order valence-electron chi connectivity index (χ3n) is 4.63. The zero-order valence-corrected chi connectivity index (χ0v) is 15.0. The first-order valence-electron chi connectivity index (χ1n) is 8.79. The highest BCUT2D eigenvalue weighted by molar-refractivity contribution is 6.00. The fourth-order valence-corrected chi connectivity index (χ4v) is 3.29. The first-order valence-corrected chi connectivity index (χ1v) is 8.79. The number of benzene rings is 2. The fraction of sp³-hybridized carbons (Fsp3) is 0.200. The Balaban J connectivity index is 1.74. The number of ether oxygens (including phenoxy) is 1. The van der Waals surface area contributed by atoms with Crippen LogP contribution in [0.2, 0.25) is 0 Å². The molecular weight excluding hydrogens is 342 g/mol. The number of methoxy groups -OCH3 is 1. The normalized spacial score (nSPS) is 11.3. The van der Waals surface area contributed by atoms with Gasteiger partial charge in [-0.3, -0.25) is 5.10 Å². The number of fused-ring (bicyclic) bond motifs is 2. The summed E-state index contributed by atoms with van der Waals surface area (Å²) in [5.74, 6) is -0.367. The Kier molecular flexibility index (Phi) is 4.62. The van der Waals surface area contributed by atoms with Gasteiger partial charge in [0.1, 0.15) is 5.69 Å². The lowest BCUT2D eigenvalue weighted by atomic mass is 10.1. The number of nitrogens with one attached hydrogen (secondary N) is 3. The molecule has 0 aliphatic rings. The van der Waals surface area contributed by atoms with Gasteiger partial charge in [-0.05, 0) is 35.9 Å². The molecule has 0 bridgehead atoms. The number of rotatable bonds is 6. The fourth-order valence-electron chi connectivity index (χ4n) is 3.29. The molecule has 0 spiro atoms. The summed E-state index contributed by atoms with van der Waals surface area (Å²) in [6.45, 7) is 2.15. The van der Waals surface area contributed by atoms with Gasteiger partial charge in [-0.25, -0.2) is 4.79 Å². The van der Waals surface area contributed by atoms with Crippen LogP contribution in [0.3, 0.4) is 0 Å². The molecule has 27 heavy (non-hydrogen) atoms. The van der Waals surface area contributed by atoms with E-state index in [2.05, 4.69) is 38.7 Å². The number of H-pyrrole nitrogens is 2. The van der Waals surface area contributed by atoms with Crippen LogP contribution in [-0.2, 0) is 11.3 Å².